The van der Waals surface area contributed by atoms with Gasteiger partial charge in [0.2, 0.25) is 0 Å². The molecule has 2 unspecified atom stereocenters. The maximum absolute atomic E-state index is 6.97. The van der Waals surface area contributed by atoms with E-state index in [1.54, 1.807) is 18.5 Å². The highest BCUT2D eigenvalue weighted by Gasteiger charge is 2.45. The van der Waals surface area contributed by atoms with Gasteiger partial charge in [0, 0.05) is 12.4 Å². The fourth-order valence-electron chi connectivity index (χ4n) is 4.10. The van der Waals surface area contributed by atoms with Crippen LogP contribution in [-0.4, -0.2) is 9.97 Å². The zero-order valence-electron chi connectivity index (χ0n) is 14.0. The quantitative estimate of drug-likeness (QED) is 0.293. The van der Waals surface area contributed by atoms with E-state index in [1.165, 1.54) is 27.1 Å². The molecule has 0 saturated heterocycles. The van der Waals surface area contributed by atoms with Crippen LogP contribution in [0, 0.1) is 0 Å². The van der Waals surface area contributed by atoms with Crippen molar-refractivity contribution in [2.75, 3.05) is 0 Å². The third kappa shape index (κ3) is 2.26. The molecule has 4 aromatic rings. The summed E-state index contributed by atoms with van der Waals surface area (Å²) in [5.41, 5.74) is 2.38. The molecule has 0 radical (unpaired) electrons. The predicted molar refractivity (Wildman–Crippen MR) is 108 cm³/mol. The van der Waals surface area contributed by atoms with Crippen LogP contribution in [0.5, 0.6) is 0 Å². The Labute approximate surface area is 161 Å². The van der Waals surface area contributed by atoms with Gasteiger partial charge in [-0.15, -0.1) is 23.2 Å². The summed E-state index contributed by atoms with van der Waals surface area (Å²) in [6.07, 6.45) is 5.01. The molecular formula is C22H16Cl2N2. The highest BCUT2D eigenvalue weighted by atomic mass is 35.5. The first kappa shape index (κ1) is 16.0. The normalized spacial score (nSPS) is 22.5. The molecule has 5 rings (SSSR count). The molecule has 26 heavy (non-hydrogen) atoms. The van der Waals surface area contributed by atoms with E-state index >= 15 is 0 Å². The average Bonchev–Trinajstić information content (AvgIpc) is 2.71. The lowest BCUT2D eigenvalue weighted by molar-refractivity contribution is 0.479. The van der Waals surface area contributed by atoms with Crippen molar-refractivity contribution in [1.29, 1.82) is 0 Å². The molecule has 0 amide bonds. The largest absolute Gasteiger partial charge is 0.239 e. The molecule has 128 valence electrons. The number of fused-ring (bicyclic) bond motifs is 5. The topological polar surface area (TPSA) is 25.8 Å². The Balaban J connectivity index is 1.71. The SMILES string of the molecule is ClC1c2ccc3c(ccc4ccccc43)c2CCC1(Cl)c1ncccn1. The summed E-state index contributed by atoms with van der Waals surface area (Å²) in [6.45, 7) is 0. The lowest BCUT2D eigenvalue weighted by atomic mass is 9.79. The zero-order valence-corrected chi connectivity index (χ0v) is 15.5. The first-order valence-electron chi connectivity index (χ1n) is 8.72. The molecule has 0 N–H and O–H groups in total. The minimum Gasteiger partial charge on any atom is -0.239 e. The first-order chi connectivity index (χ1) is 12.7. The van der Waals surface area contributed by atoms with Gasteiger partial charge in [-0.3, -0.25) is 0 Å². The van der Waals surface area contributed by atoms with Crippen LogP contribution in [0.4, 0.5) is 0 Å². The van der Waals surface area contributed by atoms with Crippen molar-refractivity contribution in [2.24, 2.45) is 0 Å². The molecule has 3 aromatic carbocycles. The van der Waals surface area contributed by atoms with Crippen molar-refractivity contribution in [1.82, 2.24) is 9.97 Å². The standard InChI is InChI=1S/C22H16Cl2N2/c23-20-19-9-8-16-15-5-2-1-4-14(15)6-7-17(16)18(19)10-11-22(20,24)21-25-12-3-13-26-21/h1-9,12-13,20H,10-11H2. The molecule has 0 aliphatic heterocycles. The van der Waals surface area contributed by atoms with E-state index in [1.807, 2.05) is 0 Å². The number of hydrogen-bond donors (Lipinski definition) is 0. The Kier molecular flexibility index (Phi) is 3.66. The van der Waals surface area contributed by atoms with Crippen LogP contribution in [0.1, 0.15) is 28.7 Å². The number of aromatic nitrogens is 2. The molecule has 1 aromatic heterocycles. The minimum atomic E-state index is -0.777. The summed E-state index contributed by atoms with van der Waals surface area (Å²) in [6, 6.07) is 19.0. The summed E-state index contributed by atoms with van der Waals surface area (Å²) in [4.78, 5) is 7.97. The van der Waals surface area contributed by atoms with Gasteiger partial charge < -0.3 is 0 Å². The van der Waals surface area contributed by atoms with Crippen LogP contribution in [0.25, 0.3) is 21.5 Å². The Morgan fingerprint density at radius 2 is 1.62 bits per heavy atom. The van der Waals surface area contributed by atoms with Gasteiger partial charge in [-0.1, -0.05) is 48.5 Å². The molecule has 4 heteroatoms. The number of nitrogens with zero attached hydrogens (tertiary/aromatic N) is 2. The Morgan fingerprint density at radius 1 is 0.846 bits per heavy atom. The summed E-state index contributed by atoms with van der Waals surface area (Å²) < 4.78 is 0. The Hall–Kier alpha value is -2.16. The van der Waals surface area contributed by atoms with Crippen molar-refractivity contribution >= 4 is 44.7 Å². The van der Waals surface area contributed by atoms with Crippen molar-refractivity contribution in [2.45, 2.75) is 23.1 Å². The van der Waals surface area contributed by atoms with E-state index in [0.717, 1.165) is 12.0 Å². The van der Waals surface area contributed by atoms with Gasteiger partial charge >= 0.3 is 0 Å². The third-order valence-electron chi connectivity index (χ3n) is 5.42. The van der Waals surface area contributed by atoms with E-state index in [2.05, 4.69) is 58.5 Å². The van der Waals surface area contributed by atoms with Gasteiger partial charge in [0.05, 0.1) is 5.38 Å². The van der Waals surface area contributed by atoms with Gasteiger partial charge in [0.15, 0.2) is 5.82 Å². The van der Waals surface area contributed by atoms with Gasteiger partial charge in [0.25, 0.3) is 0 Å². The molecule has 1 aliphatic rings. The molecule has 0 bridgehead atoms. The highest BCUT2D eigenvalue weighted by Crippen LogP contribution is 2.52. The van der Waals surface area contributed by atoms with Crippen LogP contribution in [0.2, 0.25) is 0 Å². The van der Waals surface area contributed by atoms with Crippen LogP contribution in [-0.2, 0) is 11.3 Å². The molecule has 1 aliphatic carbocycles. The third-order valence-corrected chi connectivity index (χ3v) is 6.72. The van der Waals surface area contributed by atoms with Crippen LogP contribution in [0.3, 0.4) is 0 Å². The van der Waals surface area contributed by atoms with Crippen molar-refractivity contribution in [3.8, 4) is 0 Å². The van der Waals surface area contributed by atoms with Gasteiger partial charge in [-0.25, -0.2) is 9.97 Å². The van der Waals surface area contributed by atoms with Crippen LogP contribution < -0.4 is 0 Å². The minimum absolute atomic E-state index is 0.369. The average molecular weight is 379 g/mol. The molecule has 0 saturated carbocycles. The molecular weight excluding hydrogens is 363 g/mol. The Morgan fingerprint density at radius 3 is 2.46 bits per heavy atom. The van der Waals surface area contributed by atoms with Crippen molar-refractivity contribution < 1.29 is 0 Å². The maximum atomic E-state index is 6.97. The molecule has 0 spiro atoms. The van der Waals surface area contributed by atoms with Crippen molar-refractivity contribution in [3.63, 3.8) is 0 Å². The molecule has 1 heterocycles. The van der Waals surface area contributed by atoms with E-state index in [-0.39, 0.29) is 5.38 Å². The second-order valence-corrected chi connectivity index (χ2v) is 7.92. The lowest BCUT2D eigenvalue weighted by Crippen LogP contribution is -2.32. The van der Waals surface area contributed by atoms with E-state index in [9.17, 15) is 0 Å². The molecule has 2 atom stereocenters. The predicted octanol–water partition coefficient (Wildman–Crippen LogP) is 6.14. The monoisotopic (exact) mass is 378 g/mol. The molecule has 0 fully saturated rings. The van der Waals surface area contributed by atoms with Crippen LogP contribution >= 0.6 is 23.2 Å². The highest BCUT2D eigenvalue weighted by molar-refractivity contribution is 6.32. The van der Waals surface area contributed by atoms with Gasteiger partial charge in [-0.05, 0) is 51.6 Å². The van der Waals surface area contributed by atoms with Crippen LogP contribution in [0.15, 0.2) is 67.0 Å². The smallest absolute Gasteiger partial charge is 0.150 e. The number of aryl methyl sites for hydroxylation is 1. The second-order valence-electron chi connectivity index (χ2n) is 6.81. The van der Waals surface area contributed by atoms with Crippen molar-refractivity contribution in [3.05, 3.63) is 83.9 Å². The van der Waals surface area contributed by atoms with Gasteiger partial charge in [-0.2, -0.15) is 0 Å². The van der Waals surface area contributed by atoms with E-state index in [4.69, 9.17) is 23.2 Å². The fraction of sp³-hybridized carbons (Fsp3) is 0.182. The zero-order chi connectivity index (χ0) is 17.7. The number of alkyl halides is 2. The second kappa shape index (κ2) is 5.94. The number of hydrogen-bond acceptors (Lipinski definition) is 2. The number of halogens is 2. The summed E-state index contributed by atoms with van der Waals surface area (Å²) in [7, 11) is 0. The lowest BCUT2D eigenvalue weighted by Gasteiger charge is -2.36. The molecule has 2 nitrogen and oxygen atoms in total. The summed E-state index contributed by atoms with van der Waals surface area (Å²) in [5, 5.41) is 4.69. The Bertz CT molecular complexity index is 1130. The first-order valence-corrected chi connectivity index (χ1v) is 9.54. The summed E-state index contributed by atoms with van der Waals surface area (Å²) >= 11 is 13.9. The summed E-state index contributed by atoms with van der Waals surface area (Å²) in [5.74, 6) is 0.603. The number of benzene rings is 3. The van der Waals surface area contributed by atoms with E-state index < -0.39 is 4.87 Å². The number of rotatable bonds is 1. The fourth-order valence-corrected chi connectivity index (χ4v) is 4.82. The maximum Gasteiger partial charge on any atom is 0.150 e. The van der Waals surface area contributed by atoms with Gasteiger partial charge in [0.1, 0.15) is 4.87 Å². The van der Waals surface area contributed by atoms with E-state index in [0.29, 0.717) is 12.2 Å².